The van der Waals surface area contributed by atoms with Crippen molar-refractivity contribution in [1.82, 2.24) is 10.7 Å². The Morgan fingerprint density at radius 2 is 2.31 bits per heavy atom. The molecule has 4 heteroatoms. The summed E-state index contributed by atoms with van der Waals surface area (Å²) in [4.78, 5) is 10.8. The van der Waals surface area contributed by atoms with Crippen LogP contribution in [0.25, 0.3) is 0 Å². The third kappa shape index (κ3) is 1.94. The summed E-state index contributed by atoms with van der Waals surface area (Å²) in [5.74, 6) is 7.54. The average Bonchev–Trinajstić information content (AvgIpc) is 2.92. The summed E-state index contributed by atoms with van der Waals surface area (Å²) in [6.07, 6.45) is 5.39. The number of hydrazine groups is 1. The molecule has 2 aliphatic rings. The van der Waals surface area contributed by atoms with Gasteiger partial charge < -0.3 is 5.32 Å². The molecule has 0 saturated heterocycles. The Bertz CT molecular complexity index is 207. The van der Waals surface area contributed by atoms with Gasteiger partial charge in [0.1, 0.15) is 0 Å². The monoisotopic (exact) mass is 183 g/mol. The van der Waals surface area contributed by atoms with Crippen LogP contribution in [-0.4, -0.2) is 12.6 Å². The number of nitrogens with one attached hydrogen (secondary N) is 2. The molecule has 3 atom stereocenters. The van der Waals surface area contributed by atoms with E-state index in [0.29, 0.717) is 5.92 Å². The van der Waals surface area contributed by atoms with Gasteiger partial charge in [0, 0.05) is 6.54 Å². The van der Waals surface area contributed by atoms with Crippen molar-refractivity contribution in [1.29, 1.82) is 0 Å². The Morgan fingerprint density at radius 3 is 3.08 bits per heavy atom. The summed E-state index contributed by atoms with van der Waals surface area (Å²) in [6, 6.07) is -0.261. The smallest absolute Gasteiger partial charge is 0.328 e. The number of carbonyl (C=O) groups excluding carboxylic acids is 1. The van der Waals surface area contributed by atoms with Crippen molar-refractivity contribution in [3.63, 3.8) is 0 Å². The highest BCUT2D eigenvalue weighted by Crippen LogP contribution is 2.52. The lowest BCUT2D eigenvalue weighted by Crippen LogP contribution is -2.42. The number of hydrogen-bond donors (Lipinski definition) is 3. The van der Waals surface area contributed by atoms with Crippen LogP contribution in [0.3, 0.4) is 0 Å². The van der Waals surface area contributed by atoms with Crippen LogP contribution in [0.5, 0.6) is 0 Å². The van der Waals surface area contributed by atoms with Crippen molar-refractivity contribution in [3.8, 4) is 0 Å². The summed E-state index contributed by atoms with van der Waals surface area (Å²) in [5, 5.41) is 2.78. The second-order valence-electron chi connectivity index (χ2n) is 4.20. The first-order valence-electron chi connectivity index (χ1n) is 5.05. The van der Waals surface area contributed by atoms with Crippen LogP contribution in [0.1, 0.15) is 25.7 Å². The van der Waals surface area contributed by atoms with Crippen LogP contribution in [0, 0.1) is 17.8 Å². The topological polar surface area (TPSA) is 67.1 Å². The average molecular weight is 183 g/mol. The van der Waals surface area contributed by atoms with E-state index in [9.17, 15) is 4.79 Å². The SMILES string of the molecule is NNC(=O)NCC1CCCC2CC12. The predicted octanol–water partition coefficient (Wildman–Crippen LogP) is 0.595. The normalized spacial score (nSPS) is 36.2. The second kappa shape index (κ2) is 3.54. The van der Waals surface area contributed by atoms with Crippen molar-refractivity contribution in [3.05, 3.63) is 0 Å². The molecule has 2 aliphatic carbocycles. The molecule has 0 radical (unpaired) electrons. The van der Waals surface area contributed by atoms with Crippen LogP contribution < -0.4 is 16.6 Å². The van der Waals surface area contributed by atoms with Crippen LogP contribution in [0.2, 0.25) is 0 Å². The summed E-state index contributed by atoms with van der Waals surface area (Å²) in [5.41, 5.74) is 2.08. The van der Waals surface area contributed by atoms with E-state index in [2.05, 4.69) is 10.7 Å². The molecule has 4 nitrogen and oxygen atoms in total. The minimum absolute atomic E-state index is 0.261. The summed E-state index contributed by atoms with van der Waals surface area (Å²) >= 11 is 0. The largest absolute Gasteiger partial charge is 0.337 e. The molecule has 0 aromatic heterocycles. The van der Waals surface area contributed by atoms with Gasteiger partial charge in [0.05, 0.1) is 0 Å². The first-order valence-corrected chi connectivity index (χ1v) is 5.05. The maximum Gasteiger partial charge on any atom is 0.328 e. The van der Waals surface area contributed by atoms with Crippen LogP contribution in [0.4, 0.5) is 4.79 Å². The predicted molar refractivity (Wildman–Crippen MR) is 49.7 cm³/mol. The number of amides is 2. The highest BCUT2D eigenvalue weighted by Gasteiger charge is 2.44. The molecule has 0 aromatic carbocycles. The zero-order chi connectivity index (χ0) is 9.26. The molecule has 0 bridgehead atoms. The maximum absolute atomic E-state index is 10.8. The van der Waals surface area contributed by atoms with Crippen molar-refractivity contribution >= 4 is 6.03 Å². The van der Waals surface area contributed by atoms with Gasteiger partial charge in [-0.15, -0.1) is 0 Å². The maximum atomic E-state index is 10.8. The van der Waals surface area contributed by atoms with Crippen LogP contribution in [-0.2, 0) is 0 Å². The van der Waals surface area contributed by atoms with E-state index in [-0.39, 0.29) is 6.03 Å². The van der Waals surface area contributed by atoms with Crippen LogP contribution in [0.15, 0.2) is 0 Å². The van der Waals surface area contributed by atoms with Gasteiger partial charge in [-0.2, -0.15) is 0 Å². The zero-order valence-corrected chi connectivity index (χ0v) is 7.75. The van der Waals surface area contributed by atoms with E-state index < -0.39 is 0 Å². The van der Waals surface area contributed by atoms with Gasteiger partial charge in [0.15, 0.2) is 0 Å². The number of urea groups is 1. The molecule has 13 heavy (non-hydrogen) atoms. The number of hydrogen-bond acceptors (Lipinski definition) is 2. The van der Waals surface area contributed by atoms with Gasteiger partial charge in [-0.1, -0.05) is 12.8 Å². The Morgan fingerprint density at radius 1 is 1.46 bits per heavy atom. The van der Waals surface area contributed by atoms with E-state index in [1.54, 1.807) is 0 Å². The van der Waals surface area contributed by atoms with Crippen molar-refractivity contribution < 1.29 is 4.79 Å². The molecule has 3 unspecified atom stereocenters. The Labute approximate surface area is 78.2 Å². The van der Waals surface area contributed by atoms with Gasteiger partial charge >= 0.3 is 6.03 Å². The van der Waals surface area contributed by atoms with E-state index in [4.69, 9.17) is 5.84 Å². The molecule has 2 saturated carbocycles. The quantitative estimate of drug-likeness (QED) is 0.333. The van der Waals surface area contributed by atoms with Crippen molar-refractivity contribution in [2.24, 2.45) is 23.6 Å². The van der Waals surface area contributed by atoms with Gasteiger partial charge in [-0.05, 0) is 30.6 Å². The molecule has 2 amide bonds. The highest BCUT2D eigenvalue weighted by molar-refractivity contribution is 5.72. The summed E-state index contributed by atoms with van der Waals surface area (Å²) in [7, 11) is 0. The third-order valence-electron chi connectivity index (χ3n) is 3.39. The Kier molecular flexibility index (Phi) is 2.40. The molecule has 0 heterocycles. The fourth-order valence-electron chi connectivity index (χ4n) is 2.56. The molecule has 74 valence electrons. The fourth-order valence-corrected chi connectivity index (χ4v) is 2.56. The lowest BCUT2D eigenvalue weighted by molar-refractivity contribution is 0.235. The van der Waals surface area contributed by atoms with Crippen molar-refractivity contribution in [2.45, 2.75) is 25.7 Å². The standard InChI is InChI=1S/C9H17N3O/c10-12-9(13)11-5-7-3-1-2-6-4-8(6)7/h6-8H,1-5,10H2,(H2,11,12,13). The first kappa shape index (κ1) is 8.81. The van der Waals surface area contributed by atoms with E-state index >= 15 is 0 Å². The van der Waals surface area contributed by atoms with Crippen molar-refractivity contribution in [2.75, 3.05) is 6.54 Å². The third-order valence-corrected chi connectivity index (χ3v) is 3.39. The molecule has 4 N–H and O–H groups in total. The Balaban J connectivity index is 1.72. The second-order valence-corrected chi connectivity index (χ2v) is 4.20. The number of carbonyl (C=O) groups is 1. The van der Waals surface area contributed by atoms with E-state index in [1.807, 2.05) is 0 Å². The van der Waals surface area contributed by atoms with E-state index in [0.717, 1.165) is 18.4 Å². The lowest BCUT2D eigenvalue weighted by Gasteiger charge is -2.21. The van der Waals surface area contributed by atoms with E-state index in [1.165, 1.54) is 25.7 Å². The number of fused-ring (bicyclic) bond motifs is 1. The molecular weight excluding hydrogens is 166 g/mol. The zero-order valence-electron chi connectivity index (χ0n) is 7.75. The fraction of sp³-hybridized carbons (Fsp3) is 0.889. The van der Waals surface area contributed by atoms with Gasteiger partial charge in [0.25, 0.3) is 0 Å². The molecular formula is C9H17N3O. The number of rotatable bonds is 2. The molecule has 2 rings (SSSR count). The van der Waals surface area contributed by atoms with Crippen LogP contribution >= 0.6 is 0 Å². The molecule has 2 fully saturated rings. The Hall–Kier alpha value is -0.770. The molecule has 0 spiro atoms. The van der Waals surface area contributed by atoms with Gasteiger partial charge in [0.2, 0.25) is 0 Å². The van der Waals surface area contributed by atoms with Gasteiger partial charge in [-0.3, -0.25) is 5.43 Å². The molecule has 0 aliphatic heterocycles. The lowest BCUT2D eigenvalue weighted by atomic mass is 9.89. The minimum Gasteiger partial charge on any atom is -0.337 e. The first-order chi connectivity index (χ1) is 6.31. The summed E-state index contributed by atoms with van der Waals surface area (Å²) < 4.78 is 0. The summed E-state index contributed by atoms with van der Waals surface area (Å²) in [6.45, 7) is 0.796. The molecule has 0 aromatic rings. The van der Waals surface area contributed by atoms with Gasteiger partial charge in [-0.25, -0.2) is 10.6 Å². The highest BCUT2D eigenvalue weighted by atomic mass is 16.2. The minimum atomic E-state index is -0.261. The number of nitrogens with two attached hydrogens (primary N) is 1.